The predicted octanol–water partition coefficient (Wildman–Crippen LogP) is 3.78. The molecule has 3 heterocycles. The number of likely N-dealkylation sites (N-methyl/N-ethyl adjacent to an activating group) is 1. The van der Waals surface area contributed by atoms with Crippen LogP contribution in [0.1, 0.15) is 13.8 Å². The number of ether oxygens (including phenoxy) is 1. The number of aromatic amines is 1. The van der Waals surface area contributed by atoms with Crippen LogP contribution in [0.25, 0.3) is 11.2 Å². The monoisotopic (exact) mass is 536 g/mol. The second-order valence-corrected chi connectivity index (χ2v) is 12.0. The molecule has 0 amide bonds. The van der Waals surface area contributed by atoms with Gasteiger partial charge in [0.2, 0.25) is 5.95 Å². The highest BCUT2D eigenvalue weighted by Gasteiger charge is 2.23. The molecule has 2 aromatic carbocycles. The van der Waals surface area contributed by atoms with Crippen LogP contribution in [0.4, 0.5) is 28.8 Å². The Bertz CT molecular complexity index is 1550. The normalized spacial score (nSPS) is 14.7. The van der Waals surface area contributed by atoms with Crippen molar-refractivity contribution in [3.05, 3.63) is 48.8 Å². The Balaban J connectivity index is 1.46. The van der Waals surface area contributed by atoms with Crippen LogP contribution < -0.4 is 20.3 Å². The van der Waals surface area contributed by atoms with Crippen molar-refractivity contribution in [2.75, 3.05) is 55.9 Å². The summed E-state index contributed by atoms with van der Waals surface area (Å²) in [6.45, 7) is 7.25. The van der Waals surface area contributed by atoms with Crippen LogP contribution in [-0.2, 0) is 9.84 Å². The first kappa shape index (κ1) is 25.7. The van der Waals surface area contributed by atoms with E-state index in [4.69, 9.17) is 4.74 Å². The van der Waals surface area contributed by atoms with E-state index in [-0.39, 0.29) is 4.90 Å². The van der Waals surface area contributed by atoms with Crippen molar-refractivity contribution >= 4 is 49.8 Å². The van der Waals surface area contributed by atoms with Gasteiger partial charge >= 0.3 is 0 Å². The molecule has 12 heteroatoms. The molecule has 1 aliphatic heterocycles. The first-order valence-electron chi connectivity index (χ1n) is 12.5. The Kier molecular flexibility index (Phi) is 7.09. The van der Waals surface area contributed by atoms with E-state index in [0.717, 1.165) is 31.9 Å². The number of methoxy groups -OCH3 is 1. The lowest BCUT2D eigenvalue weighted by Crippen LogP contribution is -2.44. The summed E-state index contributed by atoms with van der Waals surface area (Å²) in [6, 6.07) is 12.8. The largest absolute Gasteiger partial charge is 0.494 e. The zero-order valence-corrected chi connectivity index (χ0v) is 22.7. The fraction of sp³-hybridized carbons (Fsp3) is 0.346. The Hall–Kier alpha value is -3.90. The van der Waals surface area contributed by atoms with Crippen molar-refractivity contribution in [1.82, 2.24) is 24.8 Å². The zero-order valence-electron chi connectivity index (χ0n) is 21.9. The topological polar surface area (TPSA) is 128 Å². The molecule has 3 N–H and O–H groups in total. The van der Waals surface area contributed by atoms with Gasteiger partial charge in [0.15, 0.2) is 21.3 Å². The van der Waals surface area contributed by atoms with Gasteiger partial charge in [0.25, 0.3) is 0 Å². The Labute approximate surface area is 222 Å². The van der Waals surface area contributed by atoms with Crippen molar-refractivity contribution in [3.63, 3.8) is 0 Å². The van der Waals surface area contributed by atoms with E-state index in [2.05, 4.69) is 53.5 Å². The average Bonchev–Trinajstić information content (AvgIpc) is 3.39. The van der Waals surface area contributed by atoms with Crippen LogP contribution >= 0.6 is 0 Å². The molecule has 4 aromatic rings. The number of H-pyrrole nitrogens is 1. The highest BCUT2D eigenvalue weighted by Crippen LogP contribution is 2.34. The standard InChI is InChI=1S/C26H32N8O3S/c1-17(2)38(35,36)22-8-6-5-7-20(22)29-25-23-24(28-16-27-23)31-26(32-25)30-19-10-9-18(15-21(19)37-4)34-13-11-33(3)12-14-34/h5-10,15-17H,11-14H2,1-4H3,(H3,27,28,29,30,31,32). The van der Waals surface area contributed by atoms with E-state index < -0.39 is 15.1 Å². The van der Waals surface area contributed by atoms with Gasteiger partial charge < -0.3 is 30.2 Å². The highest BCUT2D eigenvalue weighted by atomic mass is 32.2. The number of para-hydroxylation sites is 1. The summed E-state index contributed by atoms with van der Waals surface area (Å²) in [6.07, 6.45) is 1.52. The lowest BCUT2D eigenvalue weighted by molar-refractivity contribution is 0.312. The quantitative estimate of drug-likeness (QED) is 0.306. The van der Waals surface area contributed by atoms with E-state index in [9.17, 15) is 8.42 Å². The molecular weight excluding hydrogens is 504 g/mol. The van der Waals surface area contributed by atoms with Gasteiger partial charge in [-0.05, 0) is 45.2 Å². The number of hydrogen-bond donors (Lipinski definition) is 3. The molecule has 0 aliphatic carbocycles. The number of nitrogens with one attached hydrogen (secondary N) is 3. The minimum atomic E-state index is -3.52. The number of nitrogens with zero attached hydrogens (tertiary/aromatic N) is 5. The number of rotatable bonds is 8. The molecule has 1 aliphatic rings. The van der Waals surface area contributed by atoms with Crippen LogP contribution in [0.3, 0.4) is 0 Å². The molecule has 0 spiro atoms. The van der Waals surface area contributed by atoms with Gasteiger partial charge in [0.1, 0.15) is 11.3 Å². The summed E-state index contributed by atoms with van der Waals surface area (Å²) >= 11 is 0. The second-order valence-electron chi connectivity index (χ2n) is 9.51. The van der Waals surface area contributed by atoms with Crippen LogP contribution in [-0.4, -0.2) is 78.8 Å². The smallest absolute Gasteiger partial charge is 0.231 e. The molecular formula is C26H32N8O3S. The molecule has 11 nitrogen and oxygen atoms in total. The van der Waals surface area contributed by atoms with E-state index in [1.807, 2.05) is 12.1 Å². The number of piperazine rings is 1. The fourth-order valence-electron chi connectivity index (χ4n) is 4.34. The number of anilines is 5. The maximum absolute atomic E-state index is 13.0. The van der Waals surface area contributed by atoms with Crippen molar-refractivity contribution in [2.24, 2.45) is 0 Å². The molecule has 38 heavy (non-hydrogen) atoms. The summed E-state index contributed by atoms with van der Waals surface area (Å²) in [5.74, 6) is 1.35. The van der Waals surface area contributed by atoms with Crippen molar-refractivity contribution < 1.29 is 13.2 Å². The molecule has 2 aromatic heterocycles. The molecule has 1 fully saturated rings. The molecule has 0 atom stereocenters. The second kappa shape index (κ2) is 10.5. The Morgan fingerprint density at radius 2 is 1.76 bits per heavy atom. The first-order chi connectivity index (χ1) is 18.3. The lowest BCUT2D eigenvalue weighted by atomic mass is 10.2. The van der Waals surface area contributed by atoms with Gasteiger partial charge in [-0.15, -0.1) is 0 Å². The van der Waals surface area contributed by atoms with Gasteiger partial charge in [-0.2, -0.15) is 9.97 Å². The minimum absolute atomic E-state index is 0.206. The maximum atomic E-state index is 13.0. The SMILES string of the molecule is COc1cc(N2CCN(C)CC2)ccc1Nc1nc(Nc2ccccc2S(=O)(=O)C(C)C)c2[nH]cnc2n1. The summed E-state index contributed by atoms with van der Waals surface area (Å²) in [7, 11) is 0.239. The van der Waals surface area contributed by atoms with Gasteiger partial charge in [-0.25, -0.2) is 13.4 Å². The number of benzene rings is 2. The van der Waals surface area contributed by atoms with E-state index >= 15 is 0 Å². The third-order valence-electron chi connectivity index (χ3n) is 6.65. The number of sulfone groups is 1. The summed E-state index contributed by atoms with van der Waals surface area (Å²) < 4.78 is 31.6. The Morgan fingerprint density at radius 3 is 2.50 bits per heavy atom. The van der Waals surface area contributed by atoms with Crippen LogP contribution in [0.5, 0.6) is 5.75 Å². The molecule has 1 saturated heterocycles. The molecule has 0 saturated carbocycles. The lowest BCUT2D eigenvalue weighted by Gasteiger charge is -2.34. The molecule has 5 rings (SSSR count). The number of hydrogen-bond acceptors (Lipinski definition) is 10. The number of imidazole rings is 1. The van der Waals surface area contributed by atoms with Crippen molar-refractivity contribution in [3.8, 4) is 5.75 Å². The van der Waals surface area contributed by atoms with E-state index in [1.165, 1.54) is 6.33 Å². The van der Waals surface area contributed by atoms with Crippen LogP contribution in [0.2, 0.25) is 0 Å². The molecule has 0 unspecified atom stereocenters. The molecule has 0 bridgehead atoms. The zero-order chi connectivity index (χ0) is 26.9. The summed E-state index contributed by atoms with van der Waals surface area (Å²) in [4.78, 5) is 21.4. The summed E-state index contributed by atoms with van der Waals surface area (Å²) in [5.41, 5.74) is 3.21. The highest BCUT2D eigenvalue weighted by molar-refractivity contribution is 7.92. The third-order valence-corrected chi connectivity index (χ3v) is 8.86. The van der Waals surface area contributed by atoms with Gasteiger partial charge in [-0.1, -0.05) is 12.1 Å². The molecule has 200 valence electrons. The maximum Gasteiger partial charge on any atom is 0.231 e. The fourth-order valence-corrected chi connectivity index (χ4v) is 5.55. The minimum Gasteiger partial charge on any atom is -0.494 e. The van der Waals surface area contributed by atoms with E-state index in [1.54, 1.807) is 45.2 Å². The third kappa shape index (κ3) is 5.09. The van der Waals surface area contributed by atoms with Crippen LogP contribution in [0.15, 0.2) is 53.7 Å². The van der Waals surface area contributed by atoms with E-state index in [0.29, 0.717) is 40.1 Å². The number of aromatic nitrogens is 4. The molecule has 0 radical (unpaired) electrons. The first-order valence-corrected chi connectivity index (χ1v) is 14.0. The van der Waals surface area contributed by atoms with Crippen molar-refractivity contribution in [1.29, 1.82) is 0 Å². The Morgan fingerprint density at radius 1 is 1.00 bits per heavy atom. The van der Waals surface area contributed by atoms with Gasteiger partial charge in [-0.3, -0.25) is 0 Å². The summed E-state index contributed by atoms with van der Waals surface area (Å²) in [5, 5.41) is 5.87. The average molecular weight is 537 g/mol. The number of fused-ring (bicyclic) bond motifs is 1. The predicted molar refractivity (Wildman–Crippen MR) is 150 cm³/mol. The van der Waals surface area contributed by atoms with Crippen molar-refractivity contribution in [2.45, 2.75) is 24.0 Å². The van der Waals surface area contributed by atoms with Crippen LogP contribution in [0, 0.1) is 0 Å². The van der Waals surface area contributed by atoms with Gasteiger partial charge in [0, 0.05) is 37.9 Å². The van der Waals surface area contributed by atoms with Gasteiger partial charge in [0.05, 0.1) is 35.0 Å².